The van der Waals surface area contributed by atoms with Crippen LogP contribution < -0.4 is 0 Å². The molecule has 0 spiro atoms. The molecule has 0 N–H and O–H groups in total. The molecule has 2 atom stereocenters. The lowest BCUT2D eigenvalue weighted by atomic mass is 9.98. The Labute approximate surface area is 176 Å². The third-order valence-electron chi connectivity index (χ3n) is 4.76. The van der Waals surface area contributed by atoms with E-state index in [9.17, 15) is 4.79 Å². The van der Waals surface area contributed by atoms with E-state index < -0.39 is 16.4 Å². The van der Waals surface area contributed by atoms with Crippen LogP contribution in [0.5, 0.6) is 0 Å². The molecule has 0 aromatic rings. The van der Waals surface area contributed by atoms with Gasteiger partial charge in [0.15, 0.2) is 13.4 Å². The Morgan fingerprint density at radius 3 is 1.93 bits per heavy atom. The zero-order valence-electron chi connectivity index (χ0n) is 20.0. The van der Waals surface area contributed by atoms with Crippen LogP contribution in [-0.2, 0) is 9.22 Å². The van der Waals surface area contributed by atoms with Crippen molar-refractivity contribution in [2.45, 2.75) is 116 Å². The Kier molecular flexibility index (Phi) is 10.1. The summed E-state index contributed by atoms with van der Waals surface area (Å²) < 4.78 is 6.66. The predicted molar refractivity (Wildman–Crippen MR) is 129 cm³/mol. The highest BCUT2D eigenvalue weighted by molar-refractivity contribution is 8.14. The molecule has 0 aliphatic carbocycles. The van der Waals surface area contributed by atoms with Crippen LogP contribution in [0.3, 0.4) is 0 Å². The molecule has 0 aromatic carbocycles. The van der Waals surface area contributed by atoms with E-state index in [0.717, 1.165) is 19.3 Å². The van der Waals surface area contributed by atoms with Gasteiger partial charge in [0.05, 0.1) is 5.92 Å². The molecule has 5 heteroatoms. The number of hydrogen-bond acceptors (Lipinski definition) is 3. The first-order valence-electron chi connectivity index (χ1n) is 10.3. The number of carbonyl (C=O) groups is 1. The van der Waals surface area contributed by atoms with Gasteiger partial charge in [0, 0.05) is 4.75 Å². The van der Waals surface area contributed by atoms with E-state index in [2.05, 4.69) is 92.7 Å². The van der Waals surface area contributed by atoms with Crippen molar-refractivity contribution in [2.24, 2.45) is 5.92 Å². The lowest BCUT2D eigenvalue weighted by Crippen LogP contribution is -2.46. The summed E-state index contributed by atoms with van der Waals surface area (Å²) in [6.07, 6.45) is 2.69. The fourth-order valence-corrected chi connectivity index (χ4v) is 4.97. The minimum Gasteiger partial charge on any atom is -0.403 e. The summed E-state index contributed by atoms with van der Waals surface area (Å²) in [5.74, 6) is 3.31. The Balaban J connectivity index is 5.96. The van der Waals surface area contributed by atoms with Crippen LogP contribution in [0.4, 0.5) is 0 Å². The Morgan fingerprint density at radius 1 is 1.04 bits per heavy atom. The Hall–Kier alpha value is -0.0262. The fourth-order valence-electron chi connectivity index (χ4n) is 2.19. The lowest BCUT2D eigenvalue weighted by molar-refractivity contribution is -0.116. The molecule has 0 amide bonds. The van der Waals surface area contributed by atoms with Gasteiger partial charge >= 0.3 is 0 Å². The van der Waals surface area contributed by atoms with Crippen LogP contribution in [0.15, 0.2) is 0 Å². The van der Waals surface area contributed by atoms with E-state index in [1.165, 1.54) is 11.8 Å². The monoisotopic (exact) mass is 428 g/mol. The highest BCUT2D eigenvalue weighted by Gasteiger charge is 2.42. The molecule has 27 heavy (non-hydrogen) atoms. The van der Waals surface area contributed by atoms with Crippen molar-refractivity contribution in [3.63, 3.8) is 0 Å². The molecule has 158 valence electrons. The molecule has 0 unspecified atom stereocenters. The van der Waals surface area contributed by atoms with E-state index in [1.54, 1.807) is 0 Å². The summed E-state index contributed by atoms with van der Waals surface area (Å²) in [5.41, 5.74) is 3.50. The van der Waals surface area contributed by atoms with Crippen molar-refractivity contribution in [2.75, 3.05) is 0 Å². The quantitative estimate of drug-likeness (QED) is 0.319. The Bertz CT molecular complexity index is 540. The molecular weight excluding hydrogens is 384 g/mol. The molecule has 0 rings (SSSR count). The van der Waals surface area contributed by atoms with Crippen LogP contribution in [0.25, 0.3) is 0 Å². The normalized spacial score (nSPS) is 15.7. The molecule has 0 bridgehead atoms. The van der Waals surface area contributed by atoms with Gasteiger partial charge in [-0.15, -0.1) is 5.54 Å². The molecule has 0 saturated carbocycles. The van der Waals surface area contributed by atoms with Crippen LogP contribution in [0, 0.1) is 17.4 Å². The molecule has 0 saturated heterocycles. The maximum absolute atomic E-state index is 13.2. The van der Waals surface area contributed by atoms with Gasteiger partial charge in [-0.05, 0) is 24.6 Å². The SMILES string of the molecule is CCCC[C@@H](C(=O)SC(C)(C)C)[C@H](C#C[Si](C)(C)C)O[Si](C)(C)C(C)(C)C. The molecule has 0 aliphatic heterocycles. The predicted octanol–water partition coefficient (Wildman–Crippen LogP) is 7.12. The highest BCUT2D eigenvalue weighted by Crippen LogP contribution is 2.39. The second kappa shape index (κ2) is 10.1. The lowest BCUT2D eigenvalue weighted by Gasteiger charge is -2.40. The van der Waals surface area contributed by atoms with Crippen molar-refractivity contribution in [1.29, 1.82) is 0 Å². The van der Waals surface area contributed by atoms with E-state index >= 15 is 0 Å². The number of hydrogen-bond donors (Lipinski definition) is 0. The third-order valence-corrected chi connectivity index (χ3v) is 11.2. The van der Waals surface area contributed by atoms with Gasteiger partial charge in [-0.2, -0.15) is 0 Å². The van der Waals surface area contributed by atoms with Crippen LogP contribution >= 0.6 is 11.8 Å². The first-order chi connectivity index (χ1) is 11.9. The van der Waals surface area contributed by atoms with Gasteiger partial charge in [-0.3, -0.25) is 4.79 Å². The zero-order valence-corrected chi connectivity index (χ0v) is 22.8. The van der Waals surface area contributed by atoms with Crippen molar-refractivity contribution >= 4 is 33.3 Å². The summed E-state index contributed by atoms with van der Waals surface area (Å²) in [4.78, 5) is 13.2. The molecule has 0 heterocycles. The summed E-state index contributed by atoms with van der Waals surface area (Å²) in [5, 5.41) is 0.339. The van der Waals surface area contributed by atoms with E-state index in [-0.39, 0.29) is 26.9 Å². The smallest absolute Gasteiger partial charge is 0.196 e. The topological polar surface area (TPSA) is 26.3 Å². The van der Waals surface area contributed by atoms with E-state index in [0.29, 0.717) is 0 Å². The van der Waals surface area contributed by atoms with Gasteiger partial charge < -0.3 is 4.43 Å². The van der Waals surface area contributed by atoms with Gasteiger partial charge in [0.2, 0.25) is 0 Å². The molecular formula is C22H44O2SSi2. The summed E-state index contributed by atoms with van der Waals surface area (Å²) in [6.45, 7) is 26.5. The molecule has 0 radical (unpaired) electrons. The molecule has 0 fully saturated rings. The first kappa shape index (κ1) is 27.0. The standard InChI is InChI=1S/C22H44O2SSi2/c1-13-14-15-18(20(23)25-21(2,3)4)19(16-17-26(8,9)10)24-27(11,12)22(5,6)7/h18-19H,13-15H2,1-12H3/t18-,19+/m1/s1. The zero-order chi connectivity index (χ0) is 21.7. The minimum absolute atomic E-state index is 0.0880. The second-order valence-electron chi connectivity index (χ2n) is 11.1. The molecule has 0 aromatic heterocycles. The average Bonchev–Trinajstić information content (AvgIpc) is 2.40. The van der Waals surface area contributed by atoms with Crippen LogP contribution in [-0.4, -0.2) is 32.4 Å². The van der Waals surface area contributed by atoms with Gasteiger partial charge in [0.1, 0.15) is 14.2 Å². The summed E-state index contributed by atoms with van der Waals surface area (Å²) in [7, 11) is -3.56. The second-order valence-corrected chi connectivity index (χ2v) is 22.4. The molecule has 2 nitrogen and oxygen atoms in total. The maximum atomic E-state index is 13.2. The van der Waals surface area contributed by atoms with Crippen LogP contribution in [0.2, 0.25) is 37.8 Å². The fraction of sp³-hybridized carbons (Fsp3) is 0.864. The van der Waals surface area contributed by atoms with Gasteiger partial charge in [-0.25, -0.2) is 0 Å². The van der Waals surface area contributed by atoms with Crippen LogP contribution in [0.1, 0.15) is 67.7 Å². The largest absolute Gasteiger partial charge is 0.403 e. The first-order valence-corrected chi connectivity index (χ1v) is 17.6. The van der Waals surface area contributed by atoms with Gasteiger partial charge in [-0.1, -0.05) is 98.6 Å². The van der Waals surface area contributed by atoms with Crippen molar-refractivity contribution in [1.82, 2.24) is 0 Å². The average molecular weight is 429 g/mol. The Morgan fingerprint density at radius 2 is 1.56 bits per heavy atom. The van der Waals surface area contributed by atoms with E-state index in [1.807, 2.05) is 0 Å². The molecule has 0 aliphatic rings. The number of thioether (sulfide) groups is 1. The minimum atomic E-state index is -2.02. The van der Waals surface area contributed by atoms with Crippen molar-refractivity contribution in [3.05, 3.63) is 0 Å². The highest BCUT2D eigenvalue weighted by atomic mass is 32.2. The summed E-state index contributed by atoms with van der Waals surface area (Å²) in [6, 6.07) is 0. The number of carbonyl (C=O) groups excluding carboxylic acids is 1. The van der Waals surface area contributed by atoms with Crippen molar-refractivity contribution in [3.8, 4) is 11.5 Å². The van der Waals surface area contributed by atoms with E-state index in [4.69, 9.17) is 4.43 Å². The van der Waals surface area contributed by atoms with Crippen molar-refractivity contribution < 1.29 is 9.22 Å². The number of rotatable bonds is 7. The third kappa shape index (κ3) is 10.9. The maximum Gasteiger partial charge on any atom is 0.196 e. The number of unbranched alkanes of at least 4 members (excludes halogenated alkanes) is 1. The van der Waals surface area contributed by atoms with Gasteiger partial charge in [0.25, 0.3) is 0 Å². The summed E-state index contributed by atoms with van der Waals surface area (Å²) >= 11 is 1.45.